The molecule has 0 bridgehead atoms. The SMILES string of the molecule is CC(C(=O)NC(C)(C)CO)c1ccccc1F. The van der Waals surface area contributed by atoms with Gasteiger partial charge in [-0.25, -0.2) is 4.39 Å². The quantitative estimate of drug-likeness (QED) is 0.842. The first-order chi connectivity index (χ1) is 7.87. The fourth-order valence-corrected chi connectivity index (χ4v) is 1.45. The van der Waals surface area contributed by atoms with Crippen molar-refractivity contribution in [1.29, 1.82) is 0 Å². The van der Waals surface area contributed by atoms with E-state index in [1.165, 1.54) is 6.07 Å². The summed E-state index contributed by atoms with van der Waals surface area (Å²) >= 11 is 0. The number of amides is 1. The van der Waals surface area contributed by atoms with Crippen molar-refractivity contribution in [3.05, 3.63) is 35.6 Å². The Morgan fingerprint density at radius 1 is 1.47 bits per heavy atom. The van der Waals surface area contributed by atoms with Crippen LogP contribution in [0.4, 0.5) is 4.39 Å². The van der Waals surface area contributed by atoms with Crippen LogP contribution in [-0.2, 0) is 4.79 Å². The third-order valence-corrected chi connectivity index (χ3v) is 2.62. The topological polar surface area (TPSA) is 49.3 Å². The molecule has 1 rings (SSSR count). The fourth-order valence-electron chi connectivity index (χ4n) is 1.45. The van der Waals surface area contributed by atoms with Gasteiger partial charge < -0.3 is 10.4 Å². The fraction of sp³-hybridized carbons (Fsp3) is 0.462. The molecule has 1 atom stereocenters. The molecule has 0 heterocycles. The second-order valence-electron chi connectivity index (χ2n) is 4.77. The molecule has 1 unspecified atom stereocenters. The van der Waals surface area contributed by atoms with Crippen LogP contribution in [0.5, 0.6) is 0 Å². The summed E-state index contributed by atoms with van der Waals surface area (Å²) < 4.78 is 13.5. The highest BCUT2D eigenvalue weighted by Crippen LogP contribution is 2.19. The molecule has 4 heteroatoms. The molecule has 1 aromatic rings. The molecule has 1 aromatic carbocycles. The van der Waals surface area contributed by atoms with E-state index < -0.39 is 17.3 Å². The average Bonchev–Trinajstić information content (AvgIpc) is 2.28. The molecule has 1 amide bonds. The predicted molar refractivity (Wildman–Crippen MR) is 64.1 cm³/mol. The van der Waals surface area contributed by atoms with Gasteiger partial charge in [-0.05, 0) is 32.4 Å². The summed E-state index contributed by atoms with van der Waals surface area (Å²) in [5.41, 5.74) is -0.338. The van der Waals surface area contributed by atoms with E-state index in [2.05, 4.69) is 5.32 Å². The van der Waals surface area contributed by atoms with Crippen LogP contribution in [0.3, 0.4) is 0 Å². The molecule has 0 aliphatic rings. The molecule has 17 heavy (non-hydrogen) atoms. The Morgan fingerprint density at radius 2 is 2.06 bits per heavy atom. The molecule has 0 aromatic heterocycles. The smallest absolute Gasteiger partial charge is 0.227 e. The van der Waals surface area contributed by atoms with E-state index in [1.807, 2.05) is 0 Å². The molecule has 0 fully saturated rings. The van der Waals surface area contributed by atoms with Gasteiger partial charge in [0, 0.05) is 0 Å². The molecular weight excluding hydrogens is 221 g/mol. The van der Waals surface area contributed by atoms with Crippen molar-refractivity contribution >= 4 is 5.91 Å². The minimum absolute atomic E-state index is 0.164. The number of hydrogen-bond donors (Lipinski definition) is 2. The predicted octanol–water partition coefficient (Wildman–Crippen LogP) is 1.82. The lowest BCUT2D eigenvalue weighted by Crippen LogP contribution is -2.47. The lowest BCUT2D eigenvalue weighted by Gasteiger charge is -2.25. The molecule has 0 saturated heterocycles. The number of rotatable bonds is 4. The standard InChI is InChI=1S/C13H18FNO2/c1-9(10-6-4-5-7-11(10)14)12(17)15-13(2,3)8-16/h4-7,9,16H,8H2,1-3H3,(H,15,17). The normalized spacial score (nSPS) is 13.2. The van der Waals surface area contributed by atoms with Crippen molar-refractivity contribution in [2.24, 2.45) is 0 Å². The zero-order chi connectivity index (χ0) is 13.1. The van der Waals surface area contributed by atoms with Crippen LogP contribution in [0.25, 0.3) is 0 Å². The number of aliphatic hydroxyl groups is 1. The maximum atomic E-state index is 13.5. The lowest BCUT2D eigenvalue weighted by molar-refractivity contribution is -0.124. The Bertz CT molecular complexity index is 404. The number of hydrogen-bond acceptors (Lipinski definition) is 2. The summed E-state index contributed by atoms with van der Waals surface area (Å²) in [5.74, 6) is -1.27. The van der Waals surface area contributed by atoms with Gasteiger partial charge >= 0.3 is 0 Å². The summed E-state index contributed by atoms with van der Waals surface area (Å²) in [6.45, 7) is 4.89. The van der Waals surface area contributed by atoms with E-state index in [0.717, 1.165) is 0 Å². The van der Waals surface area contributed by atoms with Crippen molar-refractivity contribution in [3.8, 4) is 0 Å². The van der Waals surface area contributed by atoms with Crippen LogP contribution >= 0.6 is 0 Å². The highest BCUT2D eigenvalue weighted by atomic mass is 19.1. The Hall–Kier alpha value is -1.42. The van der Waals surface area contributed by atoms with E-state index in [4.69, 9.17) is 5.11 Å². The van der Waals surface area contributed by atoms with E-state index in [0.29, 0.717) is 5.56 Å². The van der Waals surface area contributed by atoms with Crippen molar-refractivity contribution in [3.63, 3.8) is 0 Å². The van der Waals surface area contributed by atoms with Crippen molar-refractivity contribution < 1.29 is 14.3 Å². The van der Waals surface area contributed by atoms with Crippen LogP contribution in [-0.4, -0.2) is 23.2 Å². The number of aliphatic hydroxyl groups excluding tert-OH is 1. The summed E-state index contributed by atoms with van der Waals surface area (Å²) in [6, 6.07) is 6.20. The largest absolute Gasteiger partial charge is 0.394 e. The molecule has 94 valence electrons. The van der Waals surface area contributed by atoms with E-state index in [1.54, 1.807) is 39.0 Å². The minimum atomic E-state index is -0.698. The summed E-state index contributed by atoms with van der Waals surface area (Å²) in [4.78, 5) is 11.9. The van der Waals surface area contributed by atoms with Crippen LogP contribution < -0.4 is 5.32 Å². The lowest BCUT2D eigenvalue weighted by atomic mass is 9.97. The Kier molecular flexibility index (Phi) is 4.23. The first-order valence-electron chi connectivity index (χ1n) is 5.54. The van der Waals surface area contributed by atoms with Crippen LogP contribution in [0.1, 0.15) is 32.3 Å². The third-order valence-electron chi connectivity index (χ3n) is 2.62. The maximum Gasteiger partial charge on any atom is 0.227 e. The first-order valence-corrected chi connectivity index (χ1v) is 5.54. The van der Waals surface area contributed by atoms with Crippen LogP contribution in [0, 0.1) is 5.82 Å². The van der Waals surface area contributed by atoms with Gasteiger partial charge in [0.2, 0.25) is 5.91 Å². The maximum absolute atomic E-state index is 13.5. The first kappa shape index (κ1) is 13.6. The molecule has 0 radical (unpaired) electrons. The molecule has 2 N–H and O–H groups in total. The molecular formula is C13H18FNO2. The second-order valence-corrected chi connectivity index (χ2v) is 4.77. The molecule has 0 saturated carbocycles. The van der Waals surface area contributed by atoms with Crippen LogP contribution in [0.15, 0.2) is 24.3 Å². The third kappa shape index (κ3) is 3.53. The zero-order valence-electron chi connectivity index (χ0n) is 10.3. The van der Waals surface area contributed by atoms with E-state index in [-0.39, 0.29) is 12.5 Å². The Morgan fingerprint density at radius 3 is 2.59 bits per heavy atom. The minimum Gasteiger partial charge on any atom is -0.394 e. The van der Waals surface area contributed by atoms with E-state index >= 15 is 0 Å². The Balaban J connectivity index is 2.81. The van der Waals surface area contributed by atoms with Crippen molar-refractivity contribution in [2.45, 2.75) is 32.2 Å². The average molecular weight is 239 g/mol. The number of halogens is 1. The molecule has 0 spiro atoms. The highest BCUT2D eigenvalue weighted by molar-refractivity contribution is 5.83. The van der Waals surface area contributed by atoms with E-state index in [9.17, 15) is 9.18 Å². The van der Waals surface area contributed by atoms with Gasteiger partial charge in [-0.3, -0.25) is 4.79 Å². The van der Waals surface area contributed by atoms with Gasteiger partial charge in [0.25, 0.3) is 0 Å². The van der Waals surface area contributed by atoms with Gasteiger partial charge in [0.15, 0.2) is 0 Å². The molecule has 3 nitrogen and oxygen atoms in total. The van der Waals surface area contributed by atoms with Gasteiger partial charge in [0.05, 0.1) is 18.1 Å². The van der Waals surface area contributed by atoms with Gasteiger partial charge in [-0.15, -0.1) is 0 Å². The number of carbonyl (C=O) groups excluding carboxylic acids is 1. The summed E-state index contributed by atoms with van der Waals surface area (Å²) in [5, 5.41) is 11.7. The van der Waals surface area contributed by atoms with Gasteiger partial charge in [-0.2, -0.15) is 0 Å². The highest BCUT2D eigenvalue weighted by Gasteiger charge is 2.24. The Labute approximate surface area is 101 Å². The summed E-state index contributed by atoms with van der Waals surface area (Å²) in [6.07, 6.45) is 0. The molecule has 0 aliphatic heterocycles. The van der Waals surface area contributed by atoms with Gasteiger partial charge in [-0.1, -0.05) is 18.2 Å². The number of benzene rings is 1. The van der Waals surface area contributed by atoms with Crippen LogP contribution in [0.2, 0.25) is 0 Å². The molecule has 0 aliphatic carbocycles. The van der Waals surface area contributed by atoms with Gasteiger partial charge in [0.1, 0.15) is 5.82 Å². The van der Waals surface area contributed by atoms with Crippen molar-refractivity contribution in [2.75, 3.05) is 6.61 Å². The number of nitrogens with one attached hydrogen (secondary N) is 1. The summed E-state index contributed by atoms with van der Waals surface area (Å²) in [7, 11) is 0. The second kappa shape index (κ2) is 5.27. The number of carbonyl (C=O) groups is 1. The van der Waals surface area contributed by atoms with Crippen molar-refractivity contribution in [1.82, 2.24) is 5.32 Å². The monoisotopic (exact) mass is 239 g/mol. The zero-order valence-corrected chi connectivity index (χ0v) is 10.3.